The highest BCUT2D eigenvalue weighted by Crippen LogP contribution is 2.29. The van der Waals surface area contributed by atoms with Crippen LogP contribution >= 0.6 is 0 Å². The summed E-state index contributed by atoms with van der Waals surface area (Å²) >= 11 is 0. The summed E-state index contributed by atoms with van der Waals surface area (Å²) in [7, 11) is 2.03. The molecule has 1 fully saturated rings. The van der Waals surface area contributed by atoms with Gasteiger partial charge in [0.05, 0.1) is 0 Å². The van der Waals surface area contributed by atoms with E-state index in [2.05, 4.69) is 24.1 Å². The molecule has 1 saturated heterocycles. The number of nitrogens with zero attached hydrogens (tertiary/aromatic N) is 1. The number of likely N-dealkylation sites (tertiary alicyclic amines) is 1. The molecule has 0 atom stereocenters. The minimum Gasteiger partial charge on any atom is -0.320 e. The van der Waals surface area contributed by atoms with Gasteiger partial charge in [0, 0.05) is 0 Å². The second kappa shape index (κ2) is 4.97. The van der Waals surface area contributed by atoms with Crippen LogP contribution in [0.15, 0.2) is 0 Å². The molecule has 1 heterocycles. The summed E-state index contributed by atoms with van der Waals surface area (Å²) in [6.45, 7) is 9.81. The average Bonchev–Trinajstić information content (AvgIpc) is 2.08. The highest BCUT2D eigenvalue weighted by Gasteiger charge is 2.24. The molecule has 0 aromatic rings. The van der Waals surface area contributed by atoms with E-state index >= 15 is 0 Å². The lowest BCUT2D eigenvalue weighted by atomic mass is 9.83. The molecule has 0 aliphatic carbocycles. The Morgan fingerprint density at radius 1 is 1.23 bits per heavy atom. The summed E-state index contributed by atoms with van der Waals surface area (Å²) in [5, 5.41) is 3.20. The molecule has 2 nitrogen and oxygen atoms in total. The van der Waals surface area contributed by atoms with Gasteiger partial charge in [0.1, 0.15) is 0 Å². The summed E-state index contributed by atoms with van der Waals surface area (Å²) in [6.07, 6.45) is 4.02. The van der Waals surface area contributed by atoms with Gasteiger partial charge < -0.3 is 10.2 Å². The zero-order valence-electron chi connectivity index (χ0n) is 9.40. The number of nitrogens with one attached hydrogen (secondary N) is 1. The third-order valence-electron chi connectivity index (χ3n) is 3.11. The number of piperidine rings is 1. The first-order valence-corrected chi connectivity index (χ1v) is 5.51. The minimum atomic E-state index is 0.597. The minimum absolute atomic E-state index is 0.597. The van der Waals surface area contributed by atoms with E-state index in [1.807, 2.05) is 7.05 Å². The molecular weight excluding hydrogens is 160 g/mol. The number of hydrogen-bond donors (Lipinski definition) is 1. The Balaban J connectivity index is 2.11. The molecule has 78 valence electrons. The first-order chi connectivity index (χ1) is 6.14. The summed E-state index contributed by atoms with van der Waals surface area (Å²) in [5.74, 6) is 0. The van der Waals surface area contributed by atoms with Crippen molar-refractivity contribution in [2.45, 2.75) is 33.1 Å². The fourth-order valence-electron chi connectivity index (χ4n) is 1.86. The van der Waals surface area contributed by atoms with Crippen LogP contribution in [-0.4, -0.2) is 38.1 Å². The molecule has 0 saturated carbocycles. The van der Waals surface area contributed by atoms with Crippen LogP contribution in [0.3, 0.4) is 0 Å². The van der Waals surface area contributed by atoms with Crippen molar-refractivity contribution in [3.05, 3.63) is 0 Å². The topological polar surface area (TPSA) is 15.3 Å². The van der Waals surface area contributed by atoms with Gasteiger partial charge in [0.2, 0.25) is 0 Å². The molecule has 0 unspecified atom stereocenters. The molecular formula is C11H24N2. The summed E-state index contributed by atoms with van der Waals surface area (Å²) in [5.41, 5.74) is 0.597. The average molecular weight is 184 g/mol. The molecule has 0 spiro atoms. The molecule has 1 aliphatic heterocycles. The predicted octanol–water partition coefficient (Wildman–Crippen LogP) is 1.72. The van der Waals surface area contributed by atoms with Crippen LogP contribution in [0.5, 0.6) is 0 Å². The fourth-order valence-corrected chi connectivity index (χ4v) is 1.86. The van der Waals surface area contributed by atoms with Crippen molar-refractivity contribution < 1.29 is 0 Å². The van der Waals surface area contributed by atoms with Gasteiger partial charge in [0.15, 0.2) is 0 Å². The molecule has 0 aromatic carbocycles. The van der Waals surface area contributed by atoms with Crippen LogP contribution in [0.2, 0.25) is 0 Å². The van der Waals surface area contributed by atoms with Gasteiger partial charge in [0.25, 0.3) is 0 Å². The van der Waals surface area contributed by atoms with E-state index in [4.69, 9.17) is 0 Å². The van der Waals surface area contributed by atoms with Crippen molar-refractivity contribution in [3.8, 4) is 0 Å². The lowest BCUT2D eigenvalue weighted by molar-refractivity contribution is 0.132. The normalized spacial score (nSPS) is 23.3. The molecule has 0 radical (unpaired) electrons. The maximum atomic E-state index is 3.20. The monoisotopic (exact) mass is 184 g/mol. The largest absolute Gasteiger partial charge is 0.320 e. The van der Waals surface area contributed by atoms with Gasteiger partial charge in [-0.1, -0.05) is 13.8 Å². The van der Waals surface area contributed by atoms with Crippen molar-refractivity contribution in [2.75, 3.05) is 33.2 Å². The molecule has 13 heavy (non-hydrogen) atoms. The lowest BCUT2D eigenvalue weighted by Gasteiger charge is -2.36. The van der Waals surface area contributed by atoms with E-state index in [1.165, 1.54) is 38.9 Å². The molecule has 0 bridgehead atoms. The van der Waals surface area contributed by atoms with Gasteiger partial charge in [-0.05, 0) is 57.9 Å². The smallest absolute Gasteiger partial charge is 0.000663 e. The number of hydrogen-bond acceptors (Lipinski definition) is 2. The van der Waals surface area contributed by atoms with Crippen molar-refractivity contribution in [1.29, 1.82) is 0 Å². The predicted molar refractivity (Wildman–Crippen MR) is 58.0 cm³/mol. The fraction of sp³-hybridized carbons (Fsp3) is 1.00. The summed E-state index contributed by atoms with van der Waals surface area (Å²) in [6, 6.07) is 0. The first kappa shape index (κ1) is 11.0. The zero-order chi connectivity index (χ0) is 9.73. The second-order valence-electron chi connectivity index (χ2n) is 4.96. The molecule has 2 heteroatoms. The van der Waals surface area contributed by atoms with Crippen LogP contribution < -0.4 is 5.32 Å². The lowest BCUT2D eigenvalue weighted by Crippen LogP contribution is -2.38. The quantitative estimate of drug-likeness (QED) is 0.669. The van der Waals surface area contributed by atoms with Crippen LogP contribution in [0.1, 0.15) is 33.1 Å². The van der Waals surface area contributed by atoms with Gasteiger partial charge in [-0.25, -0.2) is 0 Å². The Kier molecular flexibility index (Phi) is 4.20. The van der Waals surface area contributed by atoms with Crippen LogP contribution in [0, 0.1) is 5.41 Å². The first-order valence-electron chi connectivity index (χ1n) is 5.51. The summed E-state index contributed by atoms with van der Waals surface area (Å²) in [4.78, 5) is 2.60. The van der Waals surface area contributed by atoms with E-state index in [0.717, 1.165) is 6.54 Å². The van der Waals surface area contributed by atoms with E-state index in [-0.39, 0.29) is 0 Å². The van der Waals surface area contributed by atoms with Crippen molar-refractivity contribution in [3.63, 3.8) is 0 Å². The second-order valence-corrected chi connectivity index (χ2v) is 4.96. The summed E-state index contributed by atoms with van der Waals surface area (Å²) < 4.78 is 0. The van der Waals surface area contributed by atoms with Crippen molar-refractivity contribution in [2.24, 2.45) is 5.41 Å². The SMILES string of the molecule is CNCCCN1CCC(C)(C)CC1. The Morgan fingerprint density at radius 2 is 1.85 bits per heavy atom. The standard InChI is InChI=1S/C11H24N2/c1-11(2)5-9-13(10-6-11)8-4-7-12-3/h12H,4-10H2,1-3H3. The third kappa shape index (κ3) is 4.10. The van der Waals surface area contributed by atoms with Crippen LogP contribution in [-0.2, 0) is 0 Å². The maximum absolute atomic E-state index is 3.20. The molecule has 0 amide bonds. The van der Waals surface area contributed by atoms with Crippen molar-refractivity contribution >= 4 is 0 Å². The van der Waals surface area contributed by atoms with E-state index in [9.17, 15) is 0 Å². The van der Waals surface area contributed by atoms with Crippen LogP contribution in [0.25, 0.3) is 0 Å². The molecule has 1 aliphatic rings. The van der Waals surface area contributed by atoms with E-state index in [1.54, 1.807) is 0 Å². The number of rotatable bonds is 4. The third-order valence-corrected chi connectivity index (χ3v) is 3.11. The van der Waals surface area contributed by atoms with E-state index in [0.29, 0.717) is 5.41 Å². The van der Waals surface area contributed by atoms with Gasteiger partial charge in [-0.3, -0.25) is 0 Å². The highest BCUT2D eigenvalue weighted by atomic mass is 15.1. The van der Waals surface area contributed by atoms with E-state index < -0.39 is 0 Å². The Hall–Kier alpha value is -0.0800. The molecule has 1 rings (SSSR count). The van der Waals surface area contributed by atoms with Gasteiger partial charge >= 0.3 is 0 Å². The Morgan fingerprint density at radius 3 is 2.38 bits per heavy atom. The molecule has 1 N–H and O–H groups in total. The van der Waals surface area contributed by atoms with Crippen molar-refractivity contribution in [1.82, 2.24) is 10.2 Å². The Bertz CT molecular complexity index is 133. The van der Waals surface area contributed by atoms with Crippen LogP contribution in [0.4, 0.5) is 0 Å². The molecule has 0 aromatic heterocycles. The highest BCUT2D eigenvalue weighted by molar-refractivity contribution is 4.78. The maximum Gasteiger partial charge on any atom is -0.000663 e. The Labute approximate surface area is 82.7 Å². The zero-order valence-corrected chi connectivity index (χ0v) is 9.40. The van der Waals surface area contributed by atoms with Gasteiger partial charge in [-0.2, -0.15) is 0 Å². The van der Waals surface area contributed by atoms with Gasteiger partial charge in [-0.15, -0.1) is 0 Å².